The predicted molar refractivity (Wildman–Crippen MR) is 81.2 cm³/mol. The van der Waals surface area contributed by atoms with Crippen molar-refractivity contribution in [2.45, 2.75) is 6.92 Å². The summed E-state index contributed by atoms with van der Waals surface area (Å²) in [6.45, 7) is 1.52. The number of hydrogen-bond donors (Lipinski definition) is 0. The summed E-state index contributed by atoms with van der Waals surface area (Å²) in [6, 6.07) is 13.8. The maximum atomic E-state index is 11.3. The van der Waals surface area contributed by atoms with Gasteiger partial charge in [-0.05, 0) is 42.3 Å². The zero-order valence-electron chi connectivity index (χ0n) is 11.3. The van der Waals surface area contributed by atoms with E-state index >= 15 is 0 Å². The van der Waals surface area contributed by atoms with Crippen molar-refractivity contribution in [3.05, 3.63) is 53.1 Å². The third-order valence-electron chi connectivity index (χ3n) is 3.07. The van der Waals surface area contributed by atoms with Gasteiger partial charge >= 0.3 is 0 Å². The summed E-state index contributed by atoms with van der Waals surface area (Å²) in [5.74, 6) is -0.0143. The average Bonchev–Trinajstić information content (AvgIpc) is 2.38. The molecule has 0 heterocycles. The number of Topliss-reactive ketones (excluding diaryl/α,β-unsaturated/α-hetero) is 1. The Morgan fingerprint density at radius 2 is 1.58 bits per heavy atom. The van der Waals surface area contributed by atoms with Gasteiger partial charge in [0.25, 0.3) is 0 Å². The van der Waals surface area contributed by atoms with Crippen molar-refractivity contribution in [3.8, 4) is 11.1 Å². The van der Waals surface area contributed by atoms with Crippen LogP contribution in [-0.4, -0.2) is 19.9 Å². The lowest BCUT2D eigenvalue weighted by molar-refractivity contribution is 0.101. The summed E-state index contributed by atoms with van der Waals surface area (Å²) in [5.41, 5.74) is 3.81. The van der Waals surface area contributed by atoms with Crippen LogP contribution in [-0.2, 0) is 0 Å². The highest BCUT2D eigenvalue weighted by Crippen LogP contribution is 2.27. The largest absolute Gasteiger partial charge is 0.378 e. The minimum atomic E-state index is -0.0143. The van der Waals surface area contributed by atoms with Crippen molar-refractivity contribution in [2.24, 2.45) is 0 Å². The van der Waals surface area contributed by atoms with Crippen LogP contribution in [0.1, 0.15) is 17.3 Å². The predicted octanol–water partition coefficient (Wildman–Crippen LogP) is 4.28. The zero-order valence-corrected chi connectivity index (χ0v) is 12.0. The number of benzene rings is 2. The molecule has 0 aliphatic carbocycles. The van der Waals surface area contributed by atoms with Gasteiger partial charge in [0.05, 0.1) is 5.02 Å². The molecular formula is C16H16ClNO. The number of anilines is 1. The second kappa shape index (κ2) is 5.45. The van der Waals surface area contributed by atoms with E-state index in [-0.39, 0.29) is 5.78 Å². The molecule has 98 valence electrons. The van der Waals surface area contributed by atoms with E-state index in [9.17, 15) is 4.79 Å². The number of carbonyl (C=O) groups is 1. The molecule has 0 aliphatic rings. The quantitative estimate of drug-likeness (QED) is 0.778. The van der Waals surface area contributed by atoms with Crippen LogP contribution in [0.4, 0.5) is 5.69 Å². The van der Waals surface area contributed by atoms with E-state index in [1.807, 2.05) is 26.2 Å². The van der Waals surface area contributed by atoms with Crippen LogP contribution in [0, 0.1) is 0 Å². The summed E-state index contributed by atoms with van der Waals surface area (Å²) in [5, 5.41) is 0.502. The van der Waals surface area contributed by atoms with Crippen molar-refractivity contribution in [1.29, 1.82) is 0 Å². The fraction of sp³-hybridized carbons (Fsp3) is 0.188. The monoisotopic (exact) mass is 273 g/mol. The summed E-state index contributed by atoms with van der Waals surface area (Å²) in [4.78, 5) is 13.4. The van der Waals surface area contributed by atoms with E-state index in [0.717, 1.165) is 16.8 Å². The summed E-state index contributed by atoms with van der Waals surface area (Å²) >= 11 is 6.13. The molecule has 0 spiro atoms. The Bertz CT molecular complexity index is 603. The summed E-state index contributed by atoms with van der Waals surface area (Å²) in [6.07, 6.45) is 0. The third kappa shape index (κ3) is 2.96. The van der Waals surface area contributed by atoms with Gasteiger partial charge in [-0.2, -0.15) is 0 Å². The first-order chi connectivity index (χ1) is 8.99. The molecule has 0 bridgehead atoms. The van der Waals surface area contributed by atoms with E-state index in [1.165, 1.54) is 6.92 Å². The first kappa shape index (κ1) is 13.6. The molecule has 19 heavy (non-hydrogen) atoms. The highest BCUT2D eigenvalue weighted by atomic mass is 35.5. The van der Waals surface area contributed by atoms with Crippen molar-refractivity contribution < 1.29 is 4.79 Å². The topological polar surface area (TPSA) is 20.3 Å². The number of carbonyl (C=O) groups excluding carboxylic acids is 1. The number of ketones is 1. The molecular weight excluding hydrogens is 258 g/mol. The Morgan fingerprint density at radius 1 is 1.00 bits per heavy atom. The van der Waals surface area contributed by atoms with Crippen LogP contribution >= 0.6 is 11.6 Å². The molecule has 0 fully saturated rings. The molecule has 0 aliphatic heterocycles. The van der Waals surface area contributed by atoms with Gasteiger partial charge in [0.15, 0.2) is 5.78 Å². The molecule has 0 unspecified atom stereocenters. The van der Waals surface area contributed by atoms with E-state index in [1.54, 1.807) is 6.07 Å². The van der Waals surface area contributed by atoms with Crippen molar-refractivity contribution >= 4 is 23.1 Å². The van der Waals surface area contributed by atoms with Gasteiger partial charge in [-0.25, -0.2) is 0 Å². The maximum absolute atomic E-state index is 11.3. The Balaban J connectivity index is 2.37. The second-order valence-corrected chi connectivity index (χ2v) is 5.10. The fourth-order valence-corrected chi connectivity index (χ4v) is 2.25. The molecule has 2 nitrogen and oxygen atoms in total. The van der Waals surface area contributed by atoms with Crippen molar-refractivity contribution in [2.75, 3.05) is 19.0 Å². The third-order valence-corrected chi connectivity index (χ3v) is 3.38. The van der Waals surface area contributed by atoms with E-state index in [2.05, 4.69) is 29.2 Å². The maximum Gasteiger partial charge on any atom is 0.161 e. The molecule has 2 aromatic carbocycles. The normalized spacial score (nSPS) is 10.3. The molecule has 0 N–H and O–H groups in total. The summed E-state index contributed by atoms with van der Waals surface area (Å²) < 4.78 is 0. The lowest BCUT2D eigenvalue weighted by Crippen LogP contribution is -2.07. The van der Waals surface area contributed by atoms with E-state index < -0.39 is 0 Å². The van der Waals surface area contributed by atoms with Crippen LogP contribution in [0.15, 0.2) is 42.5 Å². The second-order valence-electron chi connectivity index (χ2n) is 4.69. The molecule has 0 atom stereocenters. The molecule has 2 aromatic rings. The summed E-state index contributed by atoms with van der Waals surface area (Å²) in [7, 11) is 4.01. The highest BCUT2D eigenvalue weighted by Gasteiger charge is 2.07. The minimum absolute atomic E-state index is 0.0143. The SMILES string of the molecule is CC(=O)c1ccc(-c2ccc(N(C)C)cc2)cc1Cl. The van der Waals surface area contributed by atoms with Gasteiger partial charge in [0.1, 0.15) is 0 Å². The van der Waals surface area contributed by atoms with Gasteiger partial charge in [-0.3, -0.25) is 4.79 Å². The Hall–Kier alpha value is -1.80. The molecule has 2 rings (SSSR count). The smallest absolute Gasteiger partial charge is 0.161 e. The van der Waals surface area contributed by atoms with E-state index in [0.29, 0.717) is 10.6 Å². The zero-order chi connectivity index (χ0) is 14.0. The van der Waals surface area contributed by atoms with Gasteiger partial charge in [0, 0.05) is 25.3 Å². The number of halogens is 1. The molecule has 0 amide bonds. The number of hydrogen-bond acceptors (Lipinski definition) is 2. The first-order valence-corrected chi connectivity index (χ1v) is 6.45. The Labute approximate surface area is 118 Å². The standard InChI is InChI=1S/C16H16ClNO/c1-11(19)15-9-6-13(10-16(15)17)12-4-7-14(8-5-12)18(2)3/h4-10H,1-3H3. The molecule has 0 aromatic heterocycles. The first-order valence-electron chi connectivity index (χ1n) is 6.07. The Kier molecular flexibility index (Phi) is 3.91. The Morgan fingerprint density at radius 3 is 2.05 bits per heavy atom. The van der Waals surface area contributed by atoms with Crippen LogP contribution in [0.3, 0.4) is 0 Å². The molecule has 0 saturated heterocycles. The molecule has 0 radical (unpaired) electrons. The molecule has 0 saturated carbocycles. The van der Waals surface area contributed by atoms with Crippen LogP contribution in [0.25, 0.3) is 11.1 Å². The lowest BCUT2D eigenvalue weighted by atomic mass is 10.0. The highest BCUT2D eigenvalue weighted by molar-refractivity contribution is 6.34. The van der Waals surface area contributed by atoms with Crippen molar-refractivity contribution in [1.82, 2.24) is 0 Å². The van der Waals surface area contributed by atoms with Gasteiger partial charge in [0.2, 0.25) is 0 Å². The molecule has 3 heteroatoms. The number of rotatable bonds is 3. The number of nitrogens with zero attached hydrogens (tertiary/aromatic N) is 1. The lowest BCUT2D eigenvalue weighted by Gasteiger charge is -2.13. The van der Waals surface area contributed by atoms with Gasteiger partial charge < -0.3 is 4.90 Å². The van der Waals surface area contributed by atoms with Crippen molar-refractivity contribution in [3.63, 3.8) is 0 Å². The van der Waals surface area contributed by atoms with Crippen LogP contribution in [0.2, 0.25) is 5.02 Å². The average molecular weight is 274 g/mol. The van der Waals surface area contributed by atoms with E-state index in [4.69, 9.17) is 11.6 Å². The van der Waals surface area contributed by atoms with Crippen LogP contribution < -0.4 is 4.90 Å². The fourth-order valence-electron chi connectivity index (χ4n) is 1.93. The van der Waals surface area contributed by atoms with Gasteiger partial charge in [-0.15, -0.1) is 0 Å². The van der Waals surface area contributed by atoms with Crippen LogP contribution in [0.5, 0.6) is 0 Å². The minimum Gasteiger partial charge on any atom is -0.378 e. The van der Waals surface area contributed by atoms with Gasteiger partial charge in [-0.1, -0.05) is 29.8 Å².